The molecule has 0 amide bonds. The third kappa shape index (κ3) is 3.51. The number of nitrogens with one attached hydrogen (secondary N) is 1. The Labute approximate surface area is 118 Å². The Balaban J connectivity index is 2.23. The molecule has 110 valence electrons. The van der Waals surface area contributed by atoms with Crippen LogP contribution in [-0.2, 0) is 6.42 Å². The zero-order valence-corrected chi connectivity index (χ0v) is 12.1. The number of ether oxygens (including phenoxy) is 1. The highest BCUT2D eigenvalue weighted by Gasteiger charge is 2.20. The largest absolute Gasteiger partial charge is 0.433 e. The van der Waals surface area contributed by atoms with Gasteiger partial charge < -0.3 is 14.6 Å². The number of rotatable bonds is 6. The second-order valence-corrected chi connectivity index (χ2v) is 5.59. The van der Waals surface area contributed by atoms with Gasteiger partial charge in [0.05, 0.1) is 0 Å². The maximum absolute atomic E-state index is 12.4. The molecule has 2 heterocycles. The van der Waals surface area contributed by atoms with Gasteiger partial charge in [-0.25, -0.2) is 0 Å². The number of aromatic nitrogens is 2. The van der Waals surface area contributed by atoms with Gasteiger partial charge in [-0.1, -0.05) is 5.16 Å². The number of alkyl halides is 2. The van der Waals surface area contributed by atoms with E-state index in [1.165, 1.54) is 17.4 Å². The predicted molar refractivity (Wildman–Crippen MR) is 71.2 cm³/mol. The van der Waals surface area contributed by atoms with Crippen molar-refractivity contribution in [1.29, 1.82) is 0 Å². The fourth-order valence-electron chi connectivity index (χ4n) is 1.63. The first-order valence-corrected chi connectivity index (χ1v) is 6.86. The van der Waals surface area contributed by atoms with Crippen LogP contribution in [0.2, 0.25) is 0 Å². The number of hydrogen-bond acceptors (Lipinski definition) is 6. The van der Waals surface area contributed by atoms with Gasteiger partial charge in [-0.15, -0.1) is 11.3 Å². The van der Waals surface area contributed by atoms with Crippen molar-refractivity contribution < 1.29 is 18.0 Å². The van der Waals surface area contributed by atoms with Crippen LogP contribution in [0.25, 0.3) is 10.8 Å². The molecular formula is C12H15F2N3O2S. The molecule has 5 nitrogen and oxygen atoms in total. The second-order valence-electron chi connectivity index (χ2n) is 4.34. The number of nitrogens with zero attached hydrogens (tertiary/aromatic N) is 2. The van der Waals surface area contributed by atoms with Gasteiger partial charge in [-0.2, -0.15) is 13.8 Å². The molecule has 8 heteroatoms. The van der Waals surface area contributed by atoms with E-state index in [4.69, 9.17) is 4.52 Å². The SMILES string of the molecule is CNC(C)Cc1noc(-c2sc(C)cc2OC(F)F)n1. The summed E-state index contributed by atoms with van der Waals surface area (Å²) in [6.45, 7) is 0.901. The van der Waals surface area contributed by atoms with Crippen LogP contribution < -0.4 is 10.1 Å². The van der Waals surface area contributed by atoms with Crippen molar-refractivity contribution in [3.8, 4) is 16.5 Å². The van der Waals surface area contributed by atoms with Crippen LogP contribution in [0.5, 0.6) is 5.75 Å². The Morgan fingerprint density at radius 3 is 2.90 bits per heavy atom. The Morgan fingerprint density at radius 1 is 1.50 bits per heavy atom. The van der Waals surface area contributed by atoms with Crippen LogP contribution in [0.3, 0.4) is 0 Å². The van der Waals surface area contributed by atoms with Crippen LogP contribution in [0.15, 0.2) is 10.6 Å². The second kappa shape index (κ2) is 6.27. The quantitative estimate of drug-likeness (QED) is 0.889. The number of hydrogen-bond donors (Lipinski definition) is 1. The zero-order chi connectivity index (χ0) is 14.7. The third-order valence-corrected chi connectivity index (χ3v) is 3.70. The number of thiophene rings is 1. The molecule has 0 spiro atoms. The summed E-state index contributed by atoms with van der Waals surface area (Å²) < 4.78 is 34.3. The minimum absolute atomic E-state index is 0.0689. The smallest absolute Gasteiger partial charge is 0.387 e. The molecule has 0 radical (unpaired) electrons. The summed E-state index contributed by atoms with van der Waals surface area (Å²) in [5.41, 5.74) is 0. The number of halogens is 2. The summed E-state index contributed by atoms with van der Waals surface area (Å²) >= 11 is 1.28. The minimum atomic E-state index is -2.88. The van der Waals surface area contributed by atoms with E-state index in [1.807, 2.05) is 14.0 Å². The van der Waals surface area contributed by atoms with Crippen LogP contribution in [0.1, 0.15) is 17.6 Å². The fraction of sp³-hybridized carbons (Fsp3) is 0.500. The first-order valence-electron chi connectivity index (χ1n) is 6.05. The Bertz CT molecular complexity index is 571. The van der Waals surface area contributed by atoms with Gasteiger partial charge in [0.2, 0.25) is 0 Å². The fourth-order valence-corrected chi connectivity index (χ4v) is 2.49. The van der Waals surface area contributed by atoms with E-state index in [9.17, 15) is 8.78 Å². The lowest BCUT2D eigenvalue weighted by Crippen LogP contribution is -2.24. The minimum Gasteiger partial charge on any atom is -0.433 e. The van der Waals surface area contributed by atoms with Crippen molar-refractivity contribution >= 4 is 11.3 Å². The zero-order valence-electron chi connectivity index (χ0n) is 11.3. The predicted octanol–water partition coefficient (Wildman–Crippen LogP) is 2.86. The molecule has 0 bridgehead atoms. The van der Waals surface area contributed by atoms with Crippen molar-refractivity contribution in [2.24, 2.45) is 0 Å². The summed E-state index contributed by atoms with van der Waals surface area (Å²) in [7, 11) is 1.84. The molecule has 2 aromatic heterocycles. The highest BCUT2D eigenvalue weighted by Crippen LogP contribution is 2.38. The average Bonchev–Trinajstić information content (AvgIpc) is 2.95. The van der Waals surface area contributed by atoms with E-state index in [2.05, 4.69) is 20.2 Å². The molecule has 0 aliphatic heterocycles. The first kappa shape index (κ1) is 14.9. The van der Waals surface area contributed by atoms with Crippen molar-refractivity contribution in [2.45, 2.75) is 32.9 Å². The molecule has 0 saturated carbocycles. The van der Waals surface area contributed by atoms with Crippen LogP contribution in [0, 0.1) is 6.92 Å². The highest BCUT2D eigenvalue weighted by molar-refractivity contribution is 7.15. The molecule has 0 fully saturated rings. The van der Waals surface area contributed by atoms with Gasteiger partial charge in [0.25, 0.3) is 5.89 Å². The van der Waals surface area contributed by atoms with E-state index in [-0.39, 0.29) is 17.7 Å². The topological polar surface area (TPSA) is 60.2 Å². The summed E-state index contributed by atoms with van der Waals surface area (Å²) in [6.07, 6.45) is 0.593. The van der Waals surface area contributed by atoms with E-state index < -0.39 is 6.61 Å². The number of likely N-dealkylation sites (N-methyl/N-ethyl adjacent to an activating group) is 1. The Kier molecular flexibility index (Phi) is 4.66. The lowest BCUT2D eigenvalue weighted by Gasteiger charge is -2.04. The molecule has 0 aliphatic carbocycles. The lowest BCUT2D eigenvalue weighted by molar-refractivity contribution is -0.0492. The highest BCUT2D eigenvalue weighted by atomic mass is 32.1. The first-order chi connectivity index (χ1) is 9.49. The van der Waals surface area contributed by atoms with Crippen molar-refractivity contribution in [3.05, 3.63) is 16.8 Å². The maximum Gasteiger partial charge on any atom is 0.387 e. The van der Waals surface area contributed by atoms with Crippen LogP contribution in [0.4, 0.5) is 8.78 Å². The van der Waals surface area contributed by atoms with Gasteiger partial charge in [-0.05, 0) is 27.0 Å². The van der Waals surface area contributed by atoms with Gasteiger partial charge >= 0.3 is 6.61 Å². The molecule has 20 heavy (non-hydrogen) atoms. The molecule has 0 aromatic carbocycles. The average molecular weight is 303 g/mol. The molecule has 2 rings (SSSR count). The van der Waals surface area contributed by atoms with E-state index >= 15 is 0 Å². The molecular weight excluding hydrogens is 288 g/mol. The molecule has 0 aliphatic rings. The van der Waals surface area contributed by atoms with Crippen molar-refractivity contribution in [3.63, 3.8) is 0 Å². The number of aryl methyl sites for hydroxylation is 1. The standard InChI is InChI=1S/C12H15F2N3O2S/c1-6(15-3)4-9-16-11(19-17-9)10-8(18-12(13)14)5-7(2)20-10/h5-6,12,15H,4H2,1-3H3. The monoisotopic (exact) mass is 303 g/mol. The molecule has 1 unspecified atom stereocenters. The normalized spacial score (nSPS) is 12.9. The van der Waals surface area contributed by atoms with Crippen molar-refractivity contribution in [1.82, 2.24) is 15.5 Å². The maximum atomic E-state index is 12.4. The van der Waals surface area contributed by atoms with E-state index in [0.29, 0.717) is 17.1 Å². The molecule has 0 saturated heterocycles. The summed E-state index contributed by atoms with van der Waals surface area (Å²) in [4.78, 5) is 5.48. The van der Waals surface area contributed by atoms with Crippen molar-refractivity contribution in [2.75, 3.05) is 7.05 Å². The molecule has 2 aromatic rings. The van der Waals surface area contributed by atoms with E-state index in [0.717, 1.165) is 4.88 Å². The van der Waals surface area contributed by atoms with Gasteiger partial charge in [0, 0.05) is 17.3 Å². The van der Waals surface area contributed by atoms with E-state index in [1.54, 1.807) is 6.92 Å². The lowest BCUT2D eigenvalue weighted by atomic mass is 10.2. The van der Waals surface area contributed by atoms with Crippen LogP contribution >= 0.6 is 11.3 Å². The third-order valence-electron chi connectivity index (χ3n) is 2.68. The van der Waals surface area contributed by atoms with Crippen LogP contribution in [-0.4, -0.2) is 29.8 Å². The summed E-state index contributed by atoms with van der Waals surface area (Å²) in [6, 6.07) is 1.73. The van der Waals surface area contributed by atoms with Gasteiger partial charge in [-0.3, -0.25) is 0 Å². The summed E-state index contributed by atoms with van der Waals surface area (Å²) in [5, 5.41) is 6.91. The molecule has 1 N–H and O–H groups in total. The summed E-state index contributed by atoms with van der Waals surface area (Å²) in [5.74, 6) is 0.798. The molecule has 1 atom stereocenters. The van der Waals surface area contributed by atoms with Gasteiger partial charge in [0.15, 0.2) is 5.82 Å². The Morgan fingerprint density at radius 2 is 2.25 bits per heavy atom. The Hall–Kier alpha value is -1.54. The van der Waals surface area contributed by atoms with Gasteiger partial charge in [0.1, 0.15) is 10.6 Å².